The number of carbonyl (C=O) groups is 1. The standard InChI is InChI=1S/C17H27N3O3/c1-13-9-18-19(10-13)11-15-5-3-7-20(15)17(21)14(2)23-12-16-6-4-8-22-16/h9-10,14-16H,3-8,11-12H2,1-2H3/t14-,15+,16+/m1/s1. The van der Waals surface area contributed by atoms with Crippen LogP contribution in [0.4, 0.5) is 0 Å². The minimum atomic E-state index is -0.404. The van der Waals surface area contributed by atoms with Gasteiger partial charge in [0.05, 0.1) is 31.5 Å². The molecule has 0 radical (unpaired) electrons. The van der Waals surface area contributed by atoms with Crippen molar-refractivity contribution in [2.24, 2.45) is 0 Å². The molecule has 0 bridgehead atoms. The molecule has 0 unspecified atom stereocenters. The lowest BCUT2D eigenvalue weighted by molar-refractivity contribution is -0.145. The van der Waals surface area contributed by atoms with Gasteiger partial charge < -0.3 is 14.4 Å². The molecule has 6 nitrogen and oxygen atoms in total. The summed E-state index contributed by atoms with van der Waals surface area (Å²) in [6.07, 6.45) is 7.84. The molecular formula is C17H27N3O3. The Morgan fingerprint density at radius 1 is 1.48 bits per heavy atom. The van der Waals surface area contributed by atoms with Gasteiger partial charge in [0.15, 0.2) is 0 Å². The van der Waals surface area contributed by atoms with Gasteiger partial charge in [-0.2, -0.15) is 5.10 Å². The van der Waals surface area contributed by atoms with E-state index in [0.29, 0.717) is 6.61 Å². The van der Waals surface area contributed by atoms with Crippen LogP contribution in [0.25, 0.3) is 0 Å². The smallest absolute Gasteiger partial charge is 0.251 e. The molecule has 0 saturated carbocycles. The van der Waals surface area contributed by atoms with E-state index in [1.54, 1.807) is 0 Å². The van der Waals surface area contributed by atoms with E-state index in [0.717, 1.165) is 50.9 Å². The highest BCUT2D eigenvalue weighted by Crippen LogP contribution is 2.21. The number of likely N-dealkylation sites (tertiary alicyclic amines) is 1. The molecule has 1 aromatic heterocycles. The highest BCUT2D eigenvalue weighted by molar-refractivity contribution is 5.81. The third-order valence-corrected chi connectivity index (χ3v) is 4.72. The van der Waals surface area contributed by atoms with E-state index in [-0.39, 0.29) is 18.1 Å². The Balaban J connectivity index is 1.52. The SMILES string of the molecule is Cc1cnn(C[C@@H]2CCCN2C(=O)[C@@H](C)OC[C@@H]2CCCO2)c1. The van der Waals surface area contributed by atoms with Crippen LogP contribution in [-0.4, -0.2) is 58.6 Å². The topological polar surface area (TPSA) is 56.6 Å². The summed E-state index contributed by atoms with van der Waals surface area (Å²) in [5.41, 5.74) is 1.15. The molecule has 3 rings (SSSR count). The molecule has 1 amide bonds. The van der Waals surface area contributed by atoms with Crippen LogP contribution in [0.1, 0.15) is 38.2 Å². The van der Waals surface area contributed by atoms with Crippen LogP contribution in [0.3, 0.4) is 0 Å². The summed E-state index contributed by atoms with van der Waals surface area (Å²) in [6.45, 7) is 6.79. The van der Waals surface area contributed by atoms with Gasteiger partial charge in [-0.1, -0.05) is 0 Å². The van der Waals surface area contributed by atoms with Crippen molar-refractivity contribution in [3.8, 4) is 0 Å². The van der Waals surface area contributed by atoms with Crippen LogP contribution >= 0.6 is 0 Å². The van der Waals surface area contributed by atoms with Gasteiger partial charge in [-0.05, 0) is 45.1 Å². The largest absolute Gasteiger partial charge is 0.376 e. The molecule has 3 atom stereocenters. The van der Waals surface area contributed by atoms with Crippen molar-refractivity contribution in [1.29, 1.82) is 0 Å². The van der Waals surface area contributed by atoms with E-state index in [1.165, 1.54) is 0 Å². The number of ether oxygens (including phenoxy) is 2. The monoisotopic (exact) mass is 321 g/mol. The molecular weight excluding hydrogens is 294 g/mol. The van der Waals surface area contributed by atoms with Crippen molar-refractivity contribution < 1.29 is 14.3 Å². The average Bonchev–Trinajstić information content (AvgIpc) is 3.27. The summed E-state index contributed by atoms with van der Waals surface area (Å²) in [4.78, 5) is 14.7. The van der Waals surface area contributed by atoms with Crippen LogP contribution in [0.5, 0.6) is 0 Å². The first-order valence-corrected chi connectivity index (χ1v) is 8.66. The van der Waals surface area contributed by atoms with Crippen LogP contribution in [0.15, 0.2) is 12.4 Å². The van der Waals surface area contributed by atoms with E-state index in [9.17, 15) is 4.79 Å². The third kappa shape index (κ3) is 4.12. The maximum Gasteiger partial charge on any atom is 0.251 e. The first-order valence-electron chi connectivity index (χ1n) is 8.66. The lowest BCUT2D eigenvalue weighted by Gasteiger charge is -2.28. The summed E-state index contributed by atoms with van der Waals surface area (Å²) in [5, 5.41) is 4.34. The molecule has 0 N–H and O–H groups in total. The fraction of sp³-hybridized carbons (Fsp3) is 0.765. The molecule has 0 aliphatic carbocycles. The summed E-state index contributed by atoms with van der Waals surface area (Å²) in [6, 6.07) is 0.218. The predicted molar refractivity (Wildman–Crippen MR) is 86.1 cm³/mol. The van der Waals surface area contributed by atoms with E-state index in [1.807, 2.05) is 35.8 Å². The number of nitrogens with zero attached hydrogens (tertiary/aromatic N) is 3. The fourth-order valence-corrected chi connectivity index (χ4v) is 3.43. The number of amides is 1. The normalized spacial score (nSPS) is 25.9. The molecule has 0 aromatic carbocycles. The Kier molecular flexibility index (Phi) is 5.33. The molecule has 3 heterocycles. The molecule has 2 saturated heterocycles. The molecule has 1 aromatic rings. The summed E-state index contributed by atoms with van der Waals surface area (Å²) >= 11 is 0. The fourth-order valence-electron chi connectivity index (χ4n) is 3.43. The van der Waals surface area contributed by atoms with Crippen LogP contribution in [0.2, 0.25) is 0 Å². The first kappa shape index (κ1) is 16.5. The van der Waals surface area contributed by atoms with Crippen molar-refractivity contribution in [3.05, 3.63) is 18.0 Å². The molecule has 2 aliphatic rings. The molecule has 6 heteroatoms. The number of hydrogen-bond donors (Lipinski definition) is 0. The van der Waals surface area contributed by atoms with Crippen molar-refractivity contribution >= 4 is 5.91 Å². The van der Waals surface area contributed by atoms with Crippen LogP contribution < -0.4 is 0 Å². The lowest BCUT2D eigenvalue weighted by Crippen LogP contribution is -2.44. The number of hydrogen-bond acceptors (Lipinski definition) is 4. The molecule has 128 valence electrons. The van der Waals surface area contributed by atoms with Crippen molar-refractivity contribution in [3.63, 3.8) is 0 Å². The Hall–Kier alpha value is -1.40. The number of aromatic nitrogens is 2. The van der Waals surface area contributed by atoms with Crippen LogP contribution in [0, 0.1) is 6.92 Å². The highest BCUT2D eigenvalue weighted by Gasteiger charge is 2.32. The summed E-state index contributed by atoms with van der Waals surface area (Å²) in [7, 11) is 0. The third-order valence-electron chi connectivity index (χ3n) is 4.72. The van der Waals surface area contributed by atoms with Gasteiger partial charge in [0.2, 0.25) is 0 Å². The van der Waals surface area contributed by atoms with E-state index in [2.05, 4.69) is 5.10 Å². The van der Waals surface area contributed by atoms with E-state index >= 15 is 0 Å². The molecule has 2 fully saturated rings. The van der Waals surface area contributed by atoms with Gasteiger partial charge in [0.25, 0.3) is 5.91 Å². The Morgan fingerprint density at radius 2 is 2.35 bits per heavy atom. The lowest BCUT2D eigenvalue weighted by atomic mass is 10.2. The molecule has 2 aliphatic heterocycles. The molecule has 0 spiro atoms. The maximum absolute atomic E-state index is 12.7. The van der Waals surface area contributed by atoms with E-state index in [4.69, 9.17) is 9.47 Å². The van der Waals surface area contributed by atoms with Crippen molar-refractivity contribution in [1.82, 2.24) is 14.7 Å². The van der Waals surface area contributed by atoms with Gasteiger partial charge in [-0.25, -0.2) is 0 Å². The minimum Gasteiger partial charge on any atom is -0.376 e. The number of aryl methyl sites for hydroxylation is 1. The second-order valence-electron chi connectivity index (χ2n) is 6.68. The summed E-state index contributed by atoms with van der Waals surface area (Å²) < 4.78 is 13.2. The predicted octanol–water partition coefficient (Wildman–Crippen LogP) is 1.77. The Morgan fingerprint density at radius 3 is 3.04 bits per heavy atom. The van der Waals surface area contributed by atoms with Crippen molar-refractivity contribution in [2.45, 2.75) is 64.3 Å². The summed E-state index contributed by atoms with van der Waals surface area (Å²) in [5.74, 6) is 0.0920. The second kappa shape index (κ2) is 7.45. The maximum atomic E-state index is 12.7. The average molecular weight is 321 g/mol. The number of carbonyl (C=O) groups excluding carboxylic acids is 1. The van der Waals surface area contributed by atoms with Crippen LogP contribution in [-0.2, 0) is 20.8 Å². The Labute approximate surface area is 137 Å². The second-order valence-corrected chi connectivity index (χ2v) is 6.68. The van der Waals surface area contributed by atoms with E-state index < -0.39 is 6.10 Å². The molecule has 23 heavy (non-hydrogen) atoms. The zero-order valence-corrected chi connectivity index (χ0v) is 14.1. The van der Waals surface area contributed by atoms with Gasteiger partial charge in [0, 0.05) is 19.3 Å². The van der Waals surface area contributed by atoms with Gasteiger partial charge in [-0.15, -0.1) is 0 Å². The quantitative estimate of drug-likeness (QED) is 0.801. The number of rotatable bonds is 6. The Bertz CT molecular complexity index is 525. The van der Waals surface area contributed by atoms with Gasteiger partial charge >= 0.3 is 0 Å². The zero-order valence-electron chi connectivity index (χ0n) is 14.1. The van der Waals surface area contributed by atoms with Crippen molar-refractivity contribution in [2.75, 3.05) is 19.8 Å². The highest BCUT2D eigenvalue weighted by atomic mass is 16.5. The zero-order chi connectivity index (χ0) is 16.2. The van der Waals surface area contributed by atoms with Gasteiger partial charge in [0.1, 0.15) is 6.10 Å². The van der Waals surface area contributed by atoms with Gasteiger partial charge in [-0.3, -0.25) is 9.48 Å². The first-order chi connectivity index (χ1) is 11.1. The minimum absolute atomic E-state index is 0.0920.